The molecule has 2 aromatic heterocycles. The minimum atomic E-state index is 0.888. The molecule has 0 bridgehead atoms. The molecule has 0 saturated carbocycles. The number of hydrogen-bond donors (Lipinski definition) is 0. The molecule has 0 unspecified atom stereocenters. The van der Waals surface area contributed by atoms with Crippen LogP contribution >= 0.6 is 0 Å². The van der Waals surface area contributed by atoms with E-state index in [1.807, 2.05) is 24.3 Å². The van der Waals surface area contributed by atoms with E-state index in [1.165, 1.54) is 11.1 Å². The van der Waals surface area contributed by atoms with E-state index in [9.17, 15) is 0 Å². The molecule has 2 heterocycles. The lowest BCUT2D eigenvalue weighted by molar-refractivity contribution is 0.668. The van der Waals surface area contributed by atoms with Gasteiger partial charge in [0.2, 0.25) is 0 Å². The van der Waals surface area contributed by atoms with Gasteiger partial charge in [0.15, 0.2) is 0 Å². The molecule has 0 fully saturated rings. The van der Waals surface area contributed by atoms with E-state index in [-0.39, 0.29) is 0 Å². The number of rotatable bonds is 7. The van der Waals surface area contributed by atoms with Gasteiger partial charge in [0.05, 0.1) is 0 Å². The lowest BCUT2D eigenvalue weighted by atomic mass is 10.0. The summed E-state index contributed by atoms with van der Waals surface area (Å²) >= 11 is 0. The first kappa shape index (κ1) is 31.7. The van der Waals surface area contributed by atoms with E-state index in [4.69, 9.17) is 8.83 Å². The Hall–Kier alpha value is -7.04. The summed E-state index contributed by atoms with van der Waals surface area (Å²) < 4.78 is 12.3. The lowest BCUT2D eigenvalue weighted by Gasteiger charge is -2.26. The summed E-state index contributed by atoms with van der Waals surface area (Å²) in [6, 6.07) is 64.5. The van der Waals surface area contributed by atoms with Gasteiger partial charge in [-0.2, -0.15) is 0 Å². The zero-order chi connectivity index (χ0) is 36.2. The number of nitrogens with zero attached hydrogens (tertiary/aromatic N) is 2. The van der Waals surface area contributed by atoms with Crippen LogP contribution in [0.15, 0.2) is 191 Å². The molecule has 0 atom stereocenters. The molecule has 0 aliphatic heterocycles. The van der Waals surface area contributed by atoms with E-state index >= 15 is 0 Å². The Morgan fingerprint density at radius 3 is 1.00 bits per heavy atom. The number of anilines is 6. The van der Waals surface area contributed by atoms with Gasteiger partial charge in [-0.3, -0.25) is 0 Å². The Kier molecular flexibility index (Phi) is 7.55. The zero-order valence-corrected chi connectivity index (χ0v) is 30.0. The predicted molar refractivity (Wildman–Crippen MR) is 225 cm³/mol. The van der Waals surface area contributed by atoms with Crippen LogP contribution < -0.4 is 9.80 Å². The molecule has 4 heteroatoms. The average molecular weight is 697 g/mol. The SMILES string of the molecule is Cc1ccc(N(c2ccc(-c3ccc(N(c4ccc(C)cc4)c4ccc5oc6ccccc6c5c4)cc3)cc2)c2ccc3oc4ccccc4c3c2)cc1. The maximum absolute atomic E-state index is 6.16. The highest BCUT2D eigenvalue weighted by Crippen LogP contribution is 2.41. The van der Waals surface area contributed by atoms with Gasteiger partial charge >= 0.3 is 0 Å². The molecule has 0 radical (unpaired) electrons. The second-order valence-electron chi connectivity index (χ2n) is 14.0. The highest BCUT2D eigenvalue weighted by atomic mass is 16.3. The molecule has 258 valence electrons. The van der Waals surface area contributed by atoms with E-state index in [2.05, 4.69) is 181 Å². The van der Waals surface area contributed by atoms with Gasteiger partial charge < -0.3 is 18.6 Å². The van der Waals surface area contributed by atoms with Crippen molar-refractivity contribution < 1.29 is 8.83 Å². The summed E-state index contributed by atoms with van der Waals surface area (Å²) in [4.78, 5) is 4.63. The third-order valence-electron chi connectivity index (χ3n) is 10.4. The molecule has 10 rings (SSSR count). The highest BCUT2D eigenvalue weighted by molar-refractivity contribution is 6.07. The van der Waals surface area contributed by atoms with Gasteiger partial charge in [0.25, 0.3) is 0 Å². The fourth-order valence-electron chi connectivity index (χ4n) is 7.59. The van der Waals surface area contributed by atoms with Gasteiger partial charge in [-0.05, 0) is 122 Å². The molecule has 0 N–H and O–H groups in total. The smallest absolute Gasteiger partial charge is 0.135 e. The molecule has 4 nitrogen and oxygen atoms in total. The Morgan fingerprint density at radius 2 is 0.611 bits per heavy atom. The second kappa shape index (κ2) is 12.9. The highest BCUT2D eigenvalue weighted by Gasteiger charge is 2.18. The van der Waals surface area contributed by atoms with Gasteiger partial charge in [-0.15, -0.1) is 0 Å². The van der Waals surface area contributed by atoms with Crippen molar-refractivity contribution in [1.82, 2.24) is 0 Å². The first-order chi connectivity index (χ1) is 26.6. The minimum Gasteiger partial charge on any atom is -0.456 e. The van der Waals surface area contributed by atoms with Gasteiger partial charge in [-0.25, -0.2) is 0 Å². The van der Waals surface area contributed by atoms with Crippen LogP contribution in [0.2, 0.25) is 0 Å². The molecule has 8 aromatic carbocycles. The molecule has 0 aliphatic carbocycles. The number of fused-ring (bicyclic) bond motifs is 6. The number of para-hydroxylation sites is 2. The third-order valence-corrected chi connectivity index (χ3v) is 10.4. The minimum absolute atomic E-state index is 0.888. The third kappa shape index (κ3) is 5.56. The molecule has 54 heavy (non-hydrogen) atoms. The maximum atomic E-state index is 6.16. The summed E-state index contributed by atoms with van der Waals surface area (Å²) in [7, 11) is 0. The summed E-state index contributed by atoms with van der Waals surface area (Å²) in [5.41, 5.74) is 14.9. The summed E-state index contributed by atoms with van der Waals surface area (Å²) in [6.45, 7) is 4.25. The van der Waals surface area contributed by atoms with Gasteiger partial charge in [-0.1, -0.05) is 96.1 Å². The Bertz CT molecular complexity index is 2730. The van der Waals surface area contributed by atoms with Crippen LogP contribution in [0, 0.1) is 13.8 Å². The van der Waals surface area contributed by atoms with Crippen molar-refractivity contribution >= 4 is 78.0 Å². The molecule has 0 amide bonds. The van der Waals surface area contributed by atoms with E-state index in [0.29, 0.717) is 0 Å². The second-order valence-corrected chi connectivity index (χ2v) is 14.0. The van der Waals surface area contributed by atoms with Crippen LogP contribution in [0.1, 0.15) is 11.1 Å². The fourth-order valence-corrected chi connectivity index (χ4v) is 7.59. The van der Waals surface area contributed by atoms with Gasteiger partial charge in [0.1, 0.15) is 22.3 Å². The van der Waals surface area contributed by atoms with Crippen molar-refractivity contribution in [3.63, 3.8) is 0 Å². The fraction of sp³-hybridized carbons (Fsp3) is 0.0400. The van der Waals surface area contributed by atoms with Crippen LogP contribution in [0.25, 0.3) is 55.0 Å². The molecule has 0 spiro atoms. The number of hydrogen-bond acceptors (Lipinski definition) is 4. The normalized spacial score (nSPS) is 11.5. The Labute approximate surface area is 313 Å². The van der Waals surface area contributed by atoms with Crippen LogP contribution in [0.5, 0.6) is 0 Å². The number of aryl methyl sites for hydroxylation is 2. The molecule has 0 saturated heterocycles. The van der Waals surface area contributed by atoms with E-state index in [1.54, 1.807) is 0 Å². The van der Waals surface area contributed by atoms with Crippen LogP contribution in [-0.4, -0.2) is 0 Å². The first-order valence-corrected chi connectivity index (χ1v) is 18.3. The van der Waals surface area contributed by atoms with Crippen molar-refractivity contribution in [2.45, 2.75) is 13.8 Å². The summed E-state index contributed by atoms with van der Waals surface area (Å²) in [5, 5.41) is 4.45. The monoisotopic (exact) mass is 696 g/mol. The van der Waals surface area contributed by atoms with Crippen molar-refractivity contribution in [2.75, 3.05) is 9.80 Å². The van der Waals surface area contributed by atoms with Gasteiger partial charge in [0, 0.05) is 55.7 Å². The maximum Gasteiger partial charge on any atom is 0.135 e. The topological polar surface area (TPSA) is 32.8 Å². The lowest BCUT2D eigenvalue weighted by Crippen LogP contribution is -2.10. The molecule has 10 aromatic rings. The predicted octanol–water partition coefficient (Wildman–Crippen LogP) is 14.7. The summed E-state index contributed by atoms with van der Waals surface area (Å²) in [6.07, 6.45) is 0. The zero-order valence-electron chi connectivity index (χ0n) is 30.0. The molecular formula is C50H36N2O2. The van der Waals surface area contributed by atoms with Crippen LogP contribution in [0.3, 0.4) is 0 Å². The average Bonchev–Trinajstić information content (AvgIpc) is 3.78. The largest absolute Gasteiger partial charge is 0.456 e. The number of furan rings is 2. The first-order valence-electron chi connectivity index (χ1n) is 18.3. The van der Waals surface area contributed by atoms with Crippen molar-refractivity contribution in [2.24, 2.45) is 0 Å². The number of benzene rings is 8. The molecular weight excluding hydrogens is 661 g/mol. The molecule has 0 aliphatic rings. The standard InChI is InChI=1S/C50H36N2O2/c1-33-11-19-37(20-12-33)51(41-27-29-49-45(31-41)43-7-3-5-9-47(43)53-49)39-23-15-35(16-24-39)36-17-25-40(26-18-36)52(38-21-13-34(2)14-22-38)42-28-30-50-46(32-42)44-8-4-6-10-48(44)54-50/h3-32H,1-2H3. The summed E-state index contributed by atoms with van der Waals surface area (Å²) in [5.74, 6) is 0. The van der Waals surface area contributed by atoms with Crippen LogP contribution in [-0.2, 0) is 0 Å². The van der Waals surface area contributed by atoms with E-state index < -0.39 is 0 Å². The van der Waals surface area contributed by atoms with Crippen molar-refractivity contribution in [3.8, 4) is 11.1 Å². The van der Waals surface area contributed by atoms with Crippen LogP contribution in [0.4, 0.5) is 34.1 Å². The van der Waals surface area contributed by atoms with E-state index in [0.717, 1.165) is 89.1 Å². The Balaban J connectivity index is 1.01. The quantitative estimate of drug-likeness (QED) is 0.166. The Morgan fingerprint density at radius 1 is 0.296 bits per heavy atom. The van der Waals surface area contributed by atoms with Crippen molar-refractivity contribution in [3.05, 3.63) is 193 Å². The van der Waals surface area contributed by atoms with Crippen molar-refractivity contribution in [1.29, 1.82) is 0 Å².